The molecule has 0 saturated carbocycles. The lowest BCUT2D eigenvalue weighted by Gasteiger charge is -2.09. The highest BCUT2D eigenvalue weighted by molar-refractivity contribution is 14.1. The average Bonchev–Trinajstić information content (AvgIpc) is 2.42. The molecule has 0 aliphatic rings. The van der Waals surface area contributed by atoms with E-state index in [1.54, 1.807) is 18.2 Å². The Morgan fingerprint density at radius 3 is 2.67 bits per heavy atom. The SMILES string of the molecule is Cc1ccc(NC(=O)COc2ccc(Cl)cc2Cl)cc1I. The number of hydrogen-bond acceptors (Lipinski definition) is 2. The van der Waals surface area contributed by atoms with E-state index in [-0.39, 0.29) is 12.5 Å². The molecule has 3 nitrogen and oxygen atoms in total. The first-order chi connectivity index (χ1) is 9.95. The molecule has 0 aliphatic heterocycles. The summed E-state index contributed by atoms with van der Waals surface area (Å²) < 4.78 is 6.47. The molecule has 2 rings (SSSR count). The van der Waals surface area contributed by atoms with Crippen molar-refractivity contribution in [1.82, 2.24) is 0 Å². The molecule has 1 N–H and O–H groups in total. The quantitative estimate of drug-likeness (QED) is 0.692. The predicted octanol–water partition coefficient (Wildman–Crippen LogP) is 4.92. The van der Waals surface area contributed by atoms with Gasteiger partial charge in [-0.25, -0.2) is 0 Å². The predicted molar refractivity (Wildman–Crippen MR) is 94.5 cm³/mol. The topological polar surface area (TPSA) is 38.3 Å². The minimum Gasteiger partial charge on any atom is -0.482 e. The molecule has 0 fully saturated rings. The van der Waals surface area contributed by atoms with E-state index in [0.29, 0.717) is 15.8 Å². The van der Waals surface area contributed by atoms with Crippen LogP contribution in [-0.4, -0.2) is 12.5 Å². The fraction of sp³-hybridized carbons (Fsp3) is 0.133. The molecule has 2 aromatic rings. The van der Waals surface area contributed by atoms with Crippen LogP contribution in [0.1, 0.15) is 5.56 Å². The van der Waals surface area contributed by atoms with E-state index in [0.717, 1.165) is 14.8 Å². The monoisotopic (exact) mass is 435 g/mol. The number of benzene rings is 2. The molecule has 21 heavy (non-hydrogen) atoms. The molecule has 6 heteroatoms. The molecular formula is C15H12Cl2INO2. The first-order valence-electron chi connectivity index (χ1n) is 6.09. The molecule has 0 aromatic heterocycles. The summed E-state index contributed by atoms with van der Waals surface area (Å²) >= 11 is 14.0. The lowest BCUT2D eigenvalue weighted by atomic mass is 10.2. The number of carbonyl (C=O) groups excluding carboxylic acids is 1. The number of anilines is 1. The molecule has 0 unspecified atom stereocenters. The van der Waals surface area contributed by atoms with Gasteiger partial charge in [0.25, 0.3) is 5.91 Å². The first-order valence-corrected chi connectivity index (χ1v) is 7.93. The van der Waals surface area contributed by atoms with Gasteiger partial charge in [-0.1, -0.05) is 29.3 Å². The first kappa shape index (κ1) is 16.4. The Morgan fingerprint density at radius 2 is 2.00 bits per heavy atom. The summed E-state index contributed by atoms with van der Waals surface area (Å²) in [5.74, 6) is 0.176. The van der Waals surface area contributed by atoms with Crippen molar-refractivity contribution in [1.29, 1.82) is 0 Å². The van der Waals surface area contributed by atoms with Crippen molar-refractivity contribution in [2.75, 3.05) is 11.9 Å². The van der Waals surface area contributed by atoms with Crippen LogP contribution in [0.2, 0.25) is 10.0 Å². The smallest absolute Gasteiger partial charge is 0.262 e. The van der Waals surface area contributed by atoms with Crippen molar-refractivity contribution in [2.24, 2.45) is 0 Å². The highest BCUT2D eigenvalue weighted by Crippen LogP contribution is 2.27. The standard InChI is InChI=1S/C15H12Cl2INO2/c1-9-2-4-11(7-13(9)18)19-15(20)8-21-14-5-3-10(16)6-12(14)17/h2-7H,8H2,1H3,(H,19,20). The minimum atomic E-state index is -0.249. The normalized spacial score (nSPS) is 10.3. The van der Waals surface area contributed by atoms with E-state index in [2.05, 4.69) is 27.9 Å². The van der Waals surface area contributed by atoms with E-state index in [4.69, 9.17) is 27.9 Å². The summed E-state index contributed by atoms with van der Waals surface area (Å²) in [7, 11) is 0. The maximum Gasteiger partial charge on any atom is 0.262 e. The van der Waals surface area contributed by atoms with E-state index < -0.39 is 0 Å². The van der Waals surface area contributed by atoms with Gasteiger partial charge in [0.1, 0.15) is 5.75 Å². The molecule has 1 amide bonds. The number of nitrogens with one attached hydrogen (secondary N) is 1. The molecule has 0 aliphatic carbocycles. The van der Waals surface area contributed by atoms with Gasteiger partial charge in [-0.3, -0.25) is 4.79 Å². The number of hydrogen-bond donors (Lipinski definition) is 1. The molecule has 0 radical (unpaired) electrons. The van der Waals surface area contributed by atoms with Crippen molar-refractivity contribution in [3.63, 3.8) is 0 Å². The molecule has 0 saturated heterocycles. The molecular weight excluding hydrogens is 424 g/mol. The third-order valence-corrected chi connectivity index (χ3v) is 4.40. The van der Waals surface area contributed by atoms with Gasteiger partial charge in [0.2, 0.25) is 0 Å². The Balaban J connectivity index is 1.94. The van der Waals surface area contributed by atoms with E-state index in [1.807, 2.05) is 25.1 Å². The highest BCUT2D eigenvalue weighted by Gasteiger charge is 2.07. The van der Waals surface area contributed by atoms with Crippen molar-refractivity contribution in [3.8, 4) is 5.75 Å². The third kappa shape index (κ3) is 4.76. The molecule has 0 atom stereocenters. The van der Waals surface area contributed by atoms with Crippen LogP contribution in [0.3, 0.4) is 0 Å². The van der Waals surface area contributed by atoms with Gasteiger partial charge in [-0.2, -0.15) is 0 Å². The molecule has 0 heterocycles. The zero-order valence-electron chi connectivity index (χ0n) is 11.1. The van der Waals surface area contributed by atoms with Crippen LogP contribution in [0.4, 0.5) is 5.69 Å². The van der Waals surface area contributed by atoms with Crippen LogP contribution in [0, 0.1) is 10.5 Å². The lowest BCUT2D eigenvalue weighted by molar-refractivity contribution is -0.118. The van der Waals surface area contributed by atoms with Gasteiger partial charge >= 0.3 is 0 Å². The summed E-state index contributed by atoms with van der Waals surface area (Å²) in [5, 5.41) is 3.67. The molecule has 0 bridgehead atoms. The van der Waals surface area contributed by atoms with Crippen LogP contribution >= 0.6 is 45.8 Å². The van der Waals surface area contributed by atoms with Crippen molar-refractivity contribution in [2.45, 2.75) is 6.92 Å². The third-order valence-electron chi connectivity index (χ3n) is 2.71. The number of carbonyl (C=O) groups is 1. The van der Waals surface area contributed by atoms with E-state index in [1.165, 1.54) is 0 Å². The second-order valence-corrected chi connectivity index (χ2v) is 6.38. The van der Waals surface area contributed by atoms with Gasteiger partial charge in [0, 0.05) is 14.3 Å². The Labute approximate surface area is 146 Å². The average molecular weight is 436 g/mol. The van der Waals surface area contributed by atoms with Gasteiger partial charge in [0.15, 0.2) is 6.61 Å². The Hall–Kier alpha value is -0.980. The second-order valence-electron chi connectivity index (χ2n) is 4.38. The zero-order valence-corrected chi connectivity index (χ0v) is 14.8. The van der Waals surface area contributed by atoms with Gasteiger partial charge in [-0.05, 0) is 65.4 Å². The van der Waals surface area contributed by atoms with Crippen LogP contribution in [0.25, 0.3) is 0 Å². The van der Waals surface area contributed by atoms with Gasteiger partial charge in [0.05, 0.1) is 5.02 Å². The summed E-state index contributed by atoms with van der Waals surface area (Å²) in [6.45, 7) is 1.89. The van der Waals surface area contributed by atoms with Gasteiger partial charge in [-0.15, -0.1) is 0 Å². The van der Waals surface area contributed by atoms with Crippen molar-refractivity contribution in [3.05, 3.63) is 55.6 Å². The summed E-state index contributed by atoms with van der Waals surface area (Å²) in [4.78, 5) is 11.9. The van der Waals surface area contributed by atoms with Crippen molar-refractivity contribution >= 4 is 57.4 Å². The molecule has 2 aromatic carbocycles. The Kier molecular flexibility index (Phi) is 5.72. The van der Waals surface area contributed by atoms with Crippen LogP contribution in [-0.2, 0) is 4.79 Å². The number of aryl methyl sites for hydroxylation is 1. The van der Waals surface area contributed by atoms with Crippen LogP contribution in [0.5, 0.6) is 5.75 Å². The summed E-state index contributed by atoms with van der Waals surface area (Å²) in [6.07, 6.45) is 0. The van der Waals surface area contributed by atoms with Crippen LogP contribution < -0.4 is 10.1 Å². The maximum absolute atomic E-state index is 11.9. The van der Waals surface area contributed by atoms with Gasteiger partial charge < -0.3 is 10.1 Å². The Morgan fingerprint density at radius 1 is 1.24 bits per heavy atom. The number of rotatable bonds is 4. The summed E-state index contributed by atoms with van der Waals surface area (Å²) in [5.41, 5.74) is 1.90. The highest BCUT2D eigenvalue weighted by atomic mass is 127. The number of halogens is 3. The second kappa shape index (κ2) is 7.33. The largest absolute Gasteiger partial charge is 0.482 e. The number of ether oxygens (including phenoxy) is 1. The van der Waals surface area contributed by atoms with Crippen LogP contribution in [0.15, 0.2) is 36.4 Å². The fourth-order valence-corrected chi connectivity index (χ4v) is 2.58. The van der Waals surface area contributed by atoms with E-state index in [9.17, 15) is 4.79 Å². The lowest BCUT2D eigenvalue weighted by Crippen LogP contribution is -2.20. The van der Waals surface area contributed by atoms with Crippen molar-refractivity contribution < 1.29 is 9.53 Å². The number of amides is 1. The zero-order chi connectivity index (χ0) is 15.4. The van der Waals surface area contributed by atoms with E-state index >= 15 is 0 Å². The summed E-state index contributed by atoms with van der Waals surface area (Å²) in [6, 6.07) is 10.6. The molecule has 0 spiro atoms. The fourth-order valence-electron chi connectivity index (χ4n) is 1.60. The Bertz CT molecular complexity index is 677. The maximum atomic E-state index is 11.9. The molecule has 110 valence electrons. The minimum absolute atomic E-state index is 0.119.